The lowest BCUT2D eigenvalue weighted by atomic mass is 9.68. The van der Waals surface area contributed by atoms with E-state index in [1.54, 1.807) is 18.2 Å². The first kappa shape index (κ1) is 27.6. The minimum Gasteiger partial charge on any atom is -0.490 e. The summed E-state index contributed by atoms with van der Waals surface area (Å²) in [7, 11) is -3.80. The van der Waals surface area contributed by atoms with Crippen LogP contribution < -0.4 is 14.4 Å². The summed E-state index contributed by atoms with van der Waals surface area (Å²) in [5.74, 6) is 0.333. The fourth-order valence-electron chi connectivity index (χ4n) is 7.10. The molecule has 4 aliphatic rings. The number of ether oxygens (including phenoxy) is 1. The van der Waals surface area contributed by atoms with Crippen molar-refractivity contribution in [1.82, 2.24) is 4.72 Å². The quantitative estimate of drug-likeness (QED) is 0.423. The Morgan fingerprint density at radius 2 is 1.98 bits per heavy atom. The number of aryl methyl sites for hydroxylation is 1. The number of nitrogens with one attached hydrogen (secondary N) is 1. The maximum absolute atomic E-state index is 13.1. The minimum absolute atomic E-state index is 0.138. The van der Waals surface area contributed by atoms with E-state index in [2.05, 4.69) is 21.8 Å². The van der Waals surface area contributed by atoms with Crippen molar-refractivity contribution < 1.29 is 23.1 Å². The van der Waals surface area contributed by atoms with E-state index in [0.717, 1.165) is 54.9 Å². The molecule has 1 saturated carbocycles. The zero-order valence-corrected chi connectivity index (χ0v) is 24.4. The van der Waals surface area contributed by atoms with Crippen LogP contribution in [0.3, 0.4) is 0 Å². The van der Waals surface area contributed by atoms with Crippen LogP contribution in [0.5, 0.6) is 5.75 Å². The average Bonchev–Trinajstić information content (AvgIpc) is 3.02. The average molecular weight is 585 g/mol. The number of aliphatic hydroxyl groups is 1. The number of anilines is 1. The van der Waals surface area contributed by atoms with E-state index in [4.69, 9.17) is 16.3 Å². The summed E-state index contributed by atoms with van der Waals surface area (Å²) in [6.07, 6.45) is 7.22. The predicted molar refractivity (Wildman–Crippen MR) is 157 cm³/mol. The van der Waals surface area contributed by atoms with Crippen molar-refractivity contribution in [2.45, 2.75) is 63.4 Å². The predicted octanol–water partition coefficient (Wildman–Crippen LogP) is 5.00. The number of sulfonamides is 1. The van der Waals surface area contributed by atoms with Gasteiger partial charge in [0, 0.05) is 29.1 Å². The number of hydrogen-bond acceptors (Lipinski definition) is 6. The Kier molecular flexibility index (Phi) is 7.38. The van der Waals surface area contributed by atoms with Crippen molar-refractivity contribution in [3.63, 3.8) is 0 Å². The highest BCUT2D eigenvalue weighted by atomic mass is 35.5. The highest BCUT2D eigenvalue weighted by molar-refractivity contribution is 7.90. The number of aliphatic hydroxyl groups excluding tert-OH is 1. The molecular weight excluding hydrogens is 548 g/mol. The lowest BCUT2D eigenvalue weighted by molar-refractivity contribution is 0.0452. The van der Waals surface area contributed by atoms with Crippen LogP contribution in [0.1, 0.15) is 66.9 Å². The highest BCUT2D eigenvalue weighted by Gasteiger charge is 2.44. The van der Waals surface area contributed by atoms with E-state index in [0.29, 0.717) is 37.7 Å². The van der Waals surface area contributed by atoms with Gasteiger partial charge in [0.1, 0.15) is 5.75 Å². The van der Waals surface area contributed by atoms with Crippen LogP contribution in [0, 0.1) is 11.8 Å². The van der Waals surface area contributed by atoms with Gasteiger partial charge in [-0.05, 0) is 105 Å². The number of fused-ring (bicyclic) bond motifs is 4. The number of rotatable bonds is 0. The summed E-state index contributed by atoms with van der Waals surface area (Å²) in [6.45, 7) is 3.86. The SMILES string of the molecule is C/C1=C/[C@@H](O)[C@@H]2CC[C@H]2CN2C[C@@]3(CCCc4cc(Cl)ccc43)COc3ccc(cc32)C(=O)NS(=O)(=O)CCC1. The van der Waals surface area contributed by atoms with E-state index in [9.17, 15) is 18.3 Å². The summed E-state index contributed by atoms with van der Waals surface area (Å²) >= 11 is 6.37. The van der Waals surface area contributed by atoms with Gasteiger partial charge in [0.05, 0.1) is 24.2 Å². The number of carbonyl (C=O) groups is 1. The van der Waals surface area contributed by atoms with Crippen LogP contribution in [-0.4, -0.2) is 51.0 Å². The van der Waals surface area contributed by atoms with Crippen LogP contribution in [-0.2, 0) is 21.9 Å². The van der Waals surface area contributed by atoms with Crippen LogP contribution in [0.2, 0.25) is 5.02 Å². The number of benzene rings is 2. The molecule has 40 heavy (non-hydrogen) atoms. The number of hydrogen-bond donors (Lipinski definition) is 2. The Morgan fingerprint density at radius 1 is 1.12 bits per heavy atom. The van der Waals surface area contributed by atoms with Gasteiger partial charge >= 0.3 is 0 Å². The molecule has 2 heterocycles. The molecule has 0 radical (unpaired) electrons. The third-order valence-corrected chi connectivity index (χ3v) is 10.9. The Bertz CT molecular complexity index is 1460. The molecule has 1 fully saturated rings. The molecule has 9 heteroatoms. The monoisotopic (exact) mass is 584 g/mol. The summed E-state index contributed by atoms with van der Waals surface area (Å²) in [4.78, 5) is 15.4. The number of carbonyl (C=O) groups excluding carboxylic acids is 1. The summed E-state index contributed by atoms with van der Waals surface area (Å²) < 4.78 is 34.1. The Labute approximate surface area is 241 Å². The Hall–Kier alpha value is -2.55. The lowest BCUT2D eigenvalue weighted by Crippen LogP contribution is -2.49. The first-order valence-corrected chi connectivity index (χ1v) is 16.4. The van der Waals surface area contributed by atoms with Gasteiger partial charge in [-0.1, -0.05) is 29.3 Å². The molecule has 0 unspecified atom stereocenters. The van der Waals surface area contributed by atoms with Crippen molar-refractivity contribution in [3.05, 3.63) is 69.8 Å². The molecule has 2 aromatic rings. The summed E-state index contributed by atoms with van der Waals surface area (Å²) in [6, 6.07) is 11.4. The van der Waals surface area contributed by atoms with E-state index >= 15 is 0 Å². The van der Waals surface area contributed by atoms with E-state index < -0.39 is 22.0 Å². The van der Waals surface area contributed by atoms with E-state index in [1.165, 1.54) is 11.1 Å². The number of amides is 1. The molecule has 1 spiro atoms. The van der Waals surface area contributed by atoms with Crippen LogP contribution in [0.25, 0.3) is 0 Å². The van der Waals surface area contributed by atoms with Gasteiger partial charge in [-0.2, -0.15) is 0 Å². The largest absolute Gasteiger partial charge is 0.490 e. The molecule has 1 amide bonds. The second kappa shape index (κ2) is 10.7. The summed E-state index contributed by atoms with van der Waals surface area (Å²) in [5, 5.41) is 11.9. The van der Waals surface area contributed by atoms with Crippen molar-refractivity contribution in [3.8, 4) is 5.75 Å². The number of allylic oxidation sites excluding steroid dienone is 1. The molecule has 4 atom stereocenters. The molecule has 6 rings (SSSR count). The molecule has 214 valence electrons. The van der Waals surface area contributed by atoms with Gasteiger partial charge in [-0.25, -0.2) is 13.1 Å². The fourth-order valence-corrected chi connectivity index (χ4v) is 8.32. The molecule has 2 aliphatic carbocycles. The van der Waals surface area contributed by atoms with Crippen molar-refractivity contribution in [2.75, 3.05) is 30.3 Å². The molecule has 2 bridgehead atoms. The van der Waals surface area contributed by atoms with E-state index in [-0.39, 0.29) is 22.6 Å². The molecule has 0 saturated heterocycles. The number of halogens is 1. The van der Waals surface area contributed by atoms with Crippen molar-refractivity contribution in [1.29, 1.82) is 0 Å². The molecule has 7 nitrogen and oxygen atoms in total. The van der Waals surface area contributed by atoms with Gasteiger partial charge in [0.2, 0.25) is 10.0 Å². The highest BCUT2D eigenvalue weighted by Crippen LogP contribution is 2.46. The standard InChI is InChI=1S/C31H37ClN2O5S/c1-20-4-3-13-40(37,38)33-30(36)22-7-11-29-27(16-22)34(17-23-6-9-25(23)28(35)14-20)18-31(19-39-29)12-2-5-21-15-24(32)8-10-26(21)31/h7-8,10-11,14-16,23,25,28,35H,2-6,9,12-13,17-19H2,1H3,(H,33,36)/b20-14-/t23-,25+,28+,31-/m0/s1. The van der Waals surface area contributed by atoms with Crippen LogP contribution in [0.15, 0.2) is 48.0 Å². The third kappa shape index (κ3) is 5.38. The molecule has 0 aromatic heterocycles. The number of nitrogens with zero attached hydrogens (tertiary/aromatic N) is 1. The van der Waals surface area contributed by atoms with Gasteiger partial charge < -0.3 is 14.7 Å². The smallest absolute Gasteiger partial charge is 0.264 e. The van der Waals surface area contributed by atoms with Gasteiger partial charge in [0.15, 0.2) is 0 Å². The maximum atomic E-state index is 13.1. The lowest BCUT2D eigenvalue weighted by Gasteiger charge is -2.45. The van der Waals surface area contributed by atoms with Gasteiger partial charge in [-0.15, -0.1) is 0 Å². The van der Waals surface area contributed by atoms with Gasteiger partial charge in [0.25, 0.3) is 5.91 Å². The Balaban J connectivity index is 1.42. The van der Waals surface area contributed by atoms with E-state index in [1.807, 2.05) is 19.1 Å². The minimum atomic E-state index is -3.80. The third-order valence-electron chi connectivity index (χ3n) is 9.36. The zero-order chi connectivity index (χ0) is 28.1. The van der Waals surface area contributed by atoms with Crippen LogP contribution >= 0.6 is 11.6 Å². The van der Waals surface area contributed by atoms with Crippen molar-refractivity contribution >= 4 is 33.2 Å². The second-order valence-electron chi connectivity index (χ2n) is 12.1. The van der Waals surface area contributed by atoms with Gasteiger partial charge in [-0.3, -0.25) is 4.79 Å². The first-order valence-electron chi connectivity index (χ1n) is 14.3. The fraction of sp³-hybridized carbons (Fsp3) is 0.516. The first-order chi connectivity index (χ1) is 19.1. The zero-order valence-electron chi connectivity index (χ0n) is 22.9. The van der Waals surface area contributed by atoms with Crippen molar-refractivity contribution in [2.24, 2.45) is 11.8 Å². The second-order valence-corrected chi connectivity index (χ2v) is 14.4. The van der Waals surface area contributed by atoms with Crippen LogP contribution in [0.4, 0.5) is 5.69 Å². The Morgan fingerprint density at radius 3 is 2.77 bits per heavy atom. The molecule has 2 aromatic carbocycles. The topological polar surface area (TPSA) is 95.9 Å². The molecular formula is C31H37ClN2O5S. The summed E-state index contributed by atoms with van der Waals surface area (Å²) in [5.41, 5.74) is 4.32. The molecule has 2 aliphatic heterocycles. The molecule has 2 N–H and O–H groups in total. The normalized spacial score (nSPS) is 31.4. The maximum Gasteiger partial charge on any atom is 0.264 e.